The lowest BCUT2D eigenvalue weighted by molar-refractivity contribution is 0.0848. The van der Waals surface area contributed by atoms with Crippen molar-refractivity contribution in [3.05, 3.63) is 34.9 Å². The first-order valence-corrected chi connectivity index (χ1v) is 8.83. The molecule has 0 aromatic heterocycles. The Morgan fingerprint density at radius 1 is 1.19 bits per heavy atom. The Hall–Kier alpha value is -0.570. The highest BCUT2D eigenvalue weighted by molar-refractivity contribution is 6.30. The second-order valence-corrected chi connectivity index (χ2v) is 7.28. The van der Waals surface area contributed by atoms with Crippen LogP contribution in [0.4, 0.5) is 0 Å². The fraction of sp³-hybridized carbons (Fsp3) is 0.667. The lowest BCUT2D eigenvalue weighted by atomic mass is 9.75. The maximum absolute atomic E-state index is 6.33. The monoisotopic (exact) mass is 306 g/mol. The highest BCUT2D eigenvalue weighted by atomic mass is 35.5. The van der Waals surface area contributed by atoms with Gasteiger partial charge in [-0.15, -0.1) is 0 Å². The molecule has 0 spiro atoms. The minimum absolute atomic E-state index is 0.104. The summed E-state index contributed by atoms with van der Waals surface area (Å²) in [7, 11) is 0. The van der Waals surface area contributed by atoms with Crippen molar-refractivity contribution in [1.29, 1.82) is 0 Å². The van der Waals surface area contributed by atoms with Gasteiger partial charge in [-0.1, -0.05) is 43.0 Å². The van der Waals surface area contributed by atoms with Crippen LogP contribution < -0.4 is 5.73 Å². The molecule has 1 heterocycles. The Balaban J connectivity index is 1.49. The molecule has 1 aliphatic carbocycles. The Morgan fingerprint density at radius 3 is 2.81 bits per heavy atom. The SMILES string of the molecule is NC(CCN1CCC2CCCCC2C1)c1cccc(Cl)c1. The van der Waals surface area contributed by atoms with E-state index in [0.29, 0.717) is 0 Å². The van der Waals surface area contributed by atoms with Gasteiger partial charge in [0.05, 0.1) is 0 Å². The van der Waals surface area contributed by atoms with Crippen LogP contribution in [-0.2, 0) is 0 Å². The highest BCUT2D eigenvalue weighted by Crippen LogP contribution is 2.36. The molecule has 0 radical (unpaired) electrons. The minimum atomic E-state index is 0.104. The van der Waals surface area contributed by atoms with Crippen LogP contribution >= 0.6 is 11.6 Å². The number of nitrogens with two attached hydrogens (primary N) is 1. The van der Waals surface area contributed by atoms with Crippen LogP contribution in [0.15, 0.2) is 24.3 Å². The van der Waals surface area contributed by atoms with Gasteiger partial charge in [0.25, 0.3) is 0 Å². The van der Waals surface area contributed by atoms with Crippen molar-refractivity contribution in [2.75, 3.05) is 19.6 Å². The lowest BCUT2D eigenvalue weighted by Crippen LogP contribution is -2.42. The van der Waals surface area contributed by atoms with Gasteiger partial charge in [-0.3, -0.25) is 0 Å². The summed E-state index contributed by atoms with van der Waals surface area (Å²) in [5.41, 5.74) is 7.49. The number of likely N-dealkylation sites (tertiary alicyclic amines) is 1. The molecule has 3 rings (SSSR count). The van der Waals surface area contributed by atoms with Crippen LogP contribution in [0.5, 0.6) is 0 Å². The second kappa shape index (κ2) is 7.13. The minimum Gasteiger partial charge on any atom is -0.324 e. The molecule has 116 valence electrons. The zero-order valence-electron chi connectivity index (χ0n) is 12.8. The van der Waals surface area contributed by atoms with Crippen LogP contribution in [0.25, 0.3) is 0 Å². The second-order valence-electron chi connectivity index (χ2n) is 6.84. The van der Waals surface area contributed by atoms with E-state index in [-0.39, 0.29) is 6.04 Å². The predicted molar refractivity (Wildman–Crippen MR) is 89.5 cm³/mol. The Morgan fingerprint density at radius 2 is 2.00 bits per heavy atom. The van der Waals surface area contributed by atoms with Crippen molar-refractivity contribution in [1.82, 2.24) is 4.90 Å². The number of nitrogens with zero attached hydrogens (tertiary/aromatic N) is 1. The molecule has 2 fully saturated rings. The molecule has 0 bridgehead atoms. The number of benzene rings is 1. The maximum atomic E-state index is 6.33. The van der Waals surface area contributed by atoms with Crippen molar-refractivity contribution in [3.63, 3.8) is 0 Å². The normalized spacial score (nSPS) is 28.1. The molecule has 3 unspecified atom stereocenters. The maximum Gasteiger partial charge on any atom is 0.0409 e. The first kappa shape index (κ1) is 15.3. The molecule has 1 aliphatic heterocycles. The summed E-state index contributed by atoms with van der Waals surface area (Å²) in [5, 5.41) is 0.783. The molecule has 21 heavy (non-hydrogen) atoms. The summed E-state index contributed by atoms with van der Waals surface area (Å²) in [5.74, 6) is 1.96. The molecular weight excluding hydrogens is 280 g/mol. The van der Waals surface area contributed by atoms with Crippen LogP contribution in [0, 0.1) is 11.8 Å². The van der Waals surface area contributed by atoms with Gasteiger partial charge in [0, 0.05) is 17.6 Å². The largest absolute Gasteiger partial charge is 0.324 e. The summed E-state index contributed by atoms with van der Waals surface area (Å²) in [4.78, 5) is 2.64. The van der Waals surface area contributed by atoms with Gasteiger partial charge in [0.2, 0.25) is 0 Å². The summed E-state index contributed by atoms with van der Waals surface area (Å²) < 4.78 is 0. The molecule has 1 aromatic carbocycles. The van der Waals surface area contributed by atoms with Gasteiger partial charge in [-0.05, 0) is 61.9 Å². The molecule has 3 atom stereocenters. The van der Waals surface area contributed by atoms with E-state index < -0.39 is 0 Å². The molecule has 2 nitrogen and oxygen atoms in total. The van der Waals surface area contributed by atoms with E-state index in [9.17, 15) is 0 Å². The fourth-order valence-electron chi connectivity index (χ4n) is 4.10. The highest BCUT2D eigenvalue weighted by Gasteiger charge is 2.30. The van der Waals surface area contributed by atoms with Crippen molar-refractivity contribution < 1.29 is 0 Å². The standard InChI is InChI=1S/C18H27ClN2/c19-17-7-3-6-15(12-17)18(20)9-11-21-10-8-14-4-1-2-5-16(14)13-21/h3,6-7,12,14,16,18H,1-2,4-5,8-11,13,20H2. The Kier molecular flexibility index (Phi) is 5.20. The Bertz CT molecular complexity index is 462. The molecule has 1 saturated heterocycles. The number of piperidine rings is 1. The van der Waals surface area contributed by atoms with Crippen LogP contribution in [0.2, 0.25) is 5.02 Å². The number of rotatable bonds is 4. The van der Waals surface area contributed by atoms with Crippen LogP contribution in [0.1, 0.15) is 50.1 Å². The van der Waals surface area contributed by atoms with E-state index in [1.165, 1.54) is 45.2 Å². The Labute approximate surface area is 133 Å². The van der Waals surface area contributed by atoms with Crippen molar-refractivity contribution in [3.8, 4) is 0 Å². The van der Waals surface area contributed by atoms with Gasteiger partial charge in [0.15, 0.2) is 0 Å². The zero-order chi connectivity index (χ0) is 14.7. The van der Waals surface area contributed by atoms with E-state index in [4.69, 9.17) is 17.3 Å². The topological polar surface area (TPSA) is 29.3 Å². The fourth-order valence-corrected chi connectivity index (χ4v) is 4.30. The molecule has 3 heteroatoms. The first-order chi connectivity index (χ1) is 10.2. The van der Waals surface area contributed by atoms with E-state index in [1.807, 2.05) is 18.2 Å². The molecule has 1 saturated carbocycles. The quantitative estimate of drug-likeness (QED) is 0.901. The van der Waals surface area contributed by atoms with Crippen molar-refractivity contribution >= 4 is 11.6 Å². The van der Waals surface area contributed by atoms with Crippen LogP contribution in [0.3, 0.4) is 0 Å². The van der Waals surface area contributed by atoms with Gasteiger partial charge >= 0.3 is 0 Å². The summed E-state index contributed by atoms with van der Waals surface area (Å²) >= 11 is 6.05. The average Bonchev–Trinajstić information content (AvgIpc) is 2.52. The van der Waals surface area contributed by atoms with E-state index in [0.717, 1.165) is 35.4 Å². The van der Waals surface area contributed by atoms with Gasteiger partial charge in [-0.25, -0.2) is 0 Å². The van der Waals surface area contributed by atoms with Gasteiger partial charge in [-0.2, -0.15) is 0 Å². The van der Waals surface area contributed by atoms with Crippen LogP contribution in [-0.4, -0.2) is 24.5 Å². The predicted octanol–water partition coefficient (Wildman–Crippen LogP) is 4.24. The first-order valence-electron chi connectivity index (χ1n) is 8.46. The lowest BCUT2D eigenvalue weighted by Gasteiger charge is -2.41. The van der Waals surface area contributed by atoms with E-state index >= 15 is 0 Å². The summed E-state index contributed by atoms with van der Waals surface area (Å²) in [6.07, 6.45) is 8.24. The van der Waals surface area contributed by atoms with Gasteiger partial charge in [0.1, 0.15) is 0 Å². The third-order valence-electron chi connectivity index (χ3n) is 5.41. The zero-order valence-corrected chi connectivity index (χ0v) is 13.6. The molecule has 2 N–H and O–H groups in total. The number of hydrogen-bond acceptors (Lipinski definition) is 2. The van der Waals surface area contributed by atoms with Gasteiger partial charge < -0.3 is 10.6 Å². The molecule has 2 aliphatic rings. The summed E-state index contributed by atoms with van der Waals surface area (Å²) in [6, 6.07) is 8.09. The number of halogens is 1. The average molecular weight is 307 g/mol. The number of hydrogen-bond donors (Lipinski definition) is 1. The van der Waals surface area contributed by atoms with E-state index in [1.54, 1.807) is 0 Å². The van der Waals surface area contributed by atoms with E-state index in [2.05, 4.69) is 11.0 Å². The molecular formula is C18H27ClN2. The van der Waals surface area contributed by atoms with Crippen molar-refractivity contribution in [2.45, 2.75) is 44.6 Å². The summed E-state index contributed by atoms with van der Waals surface area (Å²) in [6.45, 7) is 3.69. The molecule has 0 amide bonds. The smallest absolute Gasteiger partial charge is 0.0409 e. The molecule has 1 aromatic rings. The van der Waals surface area contributed by atoms with Crippen molar-refractivity contribution in [2.24, 2.45) is 17.6 Å². The number of fused-ring (bicyclic) bond motifs is 1. The third-order valence-corrected chi connectivity index (χ3v) is 5.64. The third kappa shape index (κ3) is 4.00.